The summed E-state index contributed by atoms with van der Waals surface area (Å²) in [5.74, 6) is -1.88. The van der Waals surface area contributed by atoms with E-state index in [-0.39, 0.29) is 13.2 Å². The van der Waals surface area contributed by atoms with Gasteiger partial charge in [-0.25, -0.2) is 0 Å². The van der Waals surface area contributed by atoms with Crippen molar-refractivity contribution in [2.24, 2.45) is 5.92 Å². The maximum atomic E-state index is 12.0. The van der Waals surface area contributed by atoms with Crippen LogP contribution in [0.4, 0.5) is 0 Å². The lowest BCUT2D eigenvalue weighted by Crippen LogP contribution is -2.28. The lowest BCUT2D eigenvalue weighted by molar-refractivity contribution is -0.161. The fraction of sp³-hybridized carbons (Fsp3) is 0.500. The Kier molecular flexibility index (Phi) is 9.51. The van der Waals surface area contributed by atoms with Crippen LogP contribution in [0.5, 0.6) is 0 Å². The number of rotatable bonds is 10. The number of carbonyl (C=O) groups is 2. The first kappa shape index (κ1) is 19.9. The van der Waals surface area contributed by atoms with Crippen molar-refractivity contribution >= 4 is 11.9 Å². The van der Waals surface area contributed by atoms with Gasteiger partial charge in [0.2, 0.25) is 0 Å². The Bertz CT molecular complexity index is 516. The van der Waals surface area contributed by atoms with E-state index in [4.69, 9.17) is 9.47 Å². The van der Waals surface area contributed by atoms with Crippen molar-refractivity contribution in [3.05, 3.63) is 47.5 Å². The van der Waals surface area contributed by atoms with Crippen molar-refractivity contribution in [1.29, 1.82) is 0 Å². The van der Waals surface area contributed by atoms with Gasteiger partial charge in [-0.05, 0) is 52.0 Å². The Morgan fingerprint density at radius 2 is 1.62 bits per heavy atom. The molecule has 0 unspecified atom stereocenters. The summed E-state index contributed by atoms with van der Waals surface area (Å²) >= 11 is 0. The molecule has 0 radical (unpaired) electrons. The van der Waals surface area contributed by atoms with Gasteiger partial charge in [0.25, 0.3) is 0 Å². The number of benzene rings is 1. The summed E-state index contributed by atoms with van der Waals surface area (Å²) < 4.78 is 9.98. The highest BCUT2D eigenvalue weighted by molar-refractivity contribution is 5.95. The maximum Gasteiger partial charge on any atom is 0.320 e. The quantitative estimate of drug-likeness (QED) is 0.280. The van der Waals surface area contributed by atoms with E-state index in [9.17, 15) is 9.59 Å². The number of hydrogen-bond acceptors (Lipinski definition) is 4. The highest BCUT2D eigenvalue weighted by Gasteiger charge is 2.29. The van der Waals surface area contributed by atoms with Gasteiger partial charge in [-0.15, -0.1) is 0 Å². The van der Waals surface area contributed by atoms with Crippen LogP contribution in [-0.2, 0) is 25.5 Å². The van der Waals surface area contributed by atoms with Gasteiger partial charge in [-0.3, -0.25) is 9.59 Å². The molecule has 4 nitrogen and oxygen atoms in total. The first-order valence-electron chi connectivity index (χ1n) is 8.61. The lowest BCUT2D eigenvalue weighted by atomic mass is 9.99. The third-order valence-electron chi connectivity index (χ3n) is 3.67. The van der Waals surface area contributed by atoms with Crippen LogP contribution in [-0.4, -0.2) is 25.2 Å². The van der Waals surface area contributed by atoms with Crippen LogP contribution in [0.15, 0.2) is 42.0 Å². The zero-order valence-electron chi connectivity index (χ0n) is 14.9. The highest BCUT2D eigenvalue weighted by Crippen LogP contribution is 2.17. The van der Waals surface area contributed by atoms with E-state index in [0.717, 1.165) is 24.8 Å². The highest BCUT2D eigenvalue weighted by atomic mass is 16.6. The Labute approximate surface area is 144 Å². The van der Waals surface area contributed by atoms with E-state index < -0.39 is 17.9 Å². The Morgan fingerprint density at radius 1 is 1.04 bits per heavy atom. The molecule has 1 aromatic carbocycles. The van der Waals surface area contributed by atoms with Crippen LogP contribution in [0.25, 0.3) is 0 Å². The minimum absolute atomic E-state index is 0.259. The molecule has 0 aromatic heterocycles. The van der Waals surface area contributed by atoms with Crippen molar-refractivity contribution in [1.82, 2.24) is 0 Å². The number of ether oxygens (including phenoxy) is 2. The predicted molar refractivity (Wildman–Crippen MR) is 94.5 cm³/mol. The standard InChI is InChI=1S/C20H28O4/c1-4-23-19(21)18(20(22)24-5-2)15-16(3)11-9-10-14-17-12-7-6-8-13-17/h6-8,11-13,18H,4-5,9-10,14-15H2,1-3H3/b16-11+. The molecule has 0 saturated carbocycles. The molecule has 24 heavy (non-hydrogen) atoms. The summed E-state index contributed by atoms with van der Waals surface area (Å²) in [7, 11) is 0. The fourth-order valence-corrected chi connectivity index (χ4v) is 2.45. The van der Waals surface area contributed by atoms with Gasteiger partial charge in [0, 0.05) is 0 Å². The van der Waals surface area contributed by atoms with Crippen LogP contribution in [0, 0.1) is 5.92 Å². The third kappa shape index (κ3) is 7.44. The molecule has 0 atom stereocenters. The van der Waals surface area contributed by atoms with Crippen LogP contribution >= 0.6 is 0 Å². The third-order valence-corrected chi connectivity index (χ3v) is 3.67. The summed E-state index contributed by atoms with van der Waals surface area (Å²) in [4.78, 5) is 23.9. The van der Waals surface area contributed by atoms with E-state index in [1.807, 2.05) is 25.1 Å². The summed E-state index contributed by atoms with van der Waals surface area (Å²) in [5, 5.41) is 0. The lowest BCUT2D eigenvalue weighted by Gasteiger charge is -2.14. The van der Waals surface area contributed by atoms with Crippen LogP contribution in [0.2, 0.25) is 0 Å². The molecule has 0 N–H and O–H groups in total. The summed E-state index contributed by atoms with van der Waals surface area (Å²) in [6.45, 7) is 5.91. The number of unbranched alkanes of at least 4 members (excludes halogenated alkanes) is 1. The number of allylic oxidation sites excluding steroid dienone is 2. The molecule has 0 aliphatic carbocycles. The molecule has 0 heterocycles. The molecular weight excluding hydrogens is 304 g/mol. The van der Waals surface area contributed by atoms with Crippen molar-refractivity contribution in [2.75, 3.05) is 13.2 Å². The predicted octanol–water partition coefficient (Wildman–Crippen LogP) is 4.09. The second-order valence-electron chi connectivity index (χ2n) is 5.69. The number of carbonyl (C=O) groups excluding carboxylic acids is 2. The average Bonchev–Trinajstić information content (AvgIpc) is 2.58. The molecular formula is C20H28O4. The van der Waals surface area contributed by atoms with Crippen molar-refractivity contribution in [3.63, 3.8) is 0 Å². The van der Waals surface area contributed by atoms with Gasteiger partial charge in [-0.2, -0.15) is 0 Å². The summed E-state index contributed by atoms with van der Waals surface area (Å²) in [5.41, 5.74) is 2.33. The van der Waals surface area contributed by atoms with Crippen LogP contribution in [0.3, 0.4) is 0 Å². The molecule has 0 saturated heterocycles. The van der Waals surface area contributed by atoms with Gasteiger partial charge in [0.05, 0.1) is 13.2 Å². The molecule has 132 valence electrons. The molecule has 0 bridgehead atoms. The second-order valence-corrected chi connectivity index (χ2v) is 5.69. The van der Waals surface area contributed by atoms with E-state index in [1.54, 1.807) is 13.8 Å². The molecule has 1 aromatic rings. The molecule has 4 heteroatoms. The first-order valence-corrected chi connectivity index (χ1v) is 8.61. The molecule has 0 fully saturated rings. The fourth-order valence-electron chi connectivity index (χ4n) is 2.45. The Balaban J connectivity index is 2.51. The smallest absolute Gasteiger partial charge is 0.320 e. The minimum atomic E-state index is -0.865. The largest absolute Gasteiger partial charge is 0.465 e. The minimum Gasteiger partial charge on any atom is -0.465 e. The van der Waals surface area contributed by atoms with E-state index in [2.05, 4.69) is 18.2 Å². The Hall–Kier alpha value is -2.10. The van der Waals surface area contributed by atoms with Gasteiger partial charge < -0.3 is 9.47 Å². The van der Waals surface area contributed by atoms with Gasteiger partial charge in [0.1, 0.15) is 0 Å². The molecule has 0 spiro atoms. The molecule has 1 rings (SSSR count). The number of aryl methyl sites for hydroxylation is 1. The van der Waals surface area contributed by atoms with E-state index >= 15 is 0 Å². The van der Waals surface area contributed by atoms with Crippen LogP contribution in [0.1, 0.15) is 45.6 Å². The Morgan fingerprint density at radius 3 is 2.17 bits per heavy atom. The van der Waals surface area contributed by atoms with E-state index in [1.165, 1.54) is 5.56 Å². The van der Waals surface area contributed by atoms with Crippen molar-refractivity contribution in [2.45, 2.75) is 46.5 Å². The second kappa shape index (κ2) is 11.4. The van der Waals surface area contributed by atoms with Crippen molar-refractivity contribution in [3.8, 4) is 0 Å². The summed E-state index contributed by atoms with van der Waals surface area (Å²) in [6, 6.07) is 10.3. The first-order chi connectivity index (χ1) is 11.6. The van der Waals surface area contributed by atoms with E-state index in [0.29, 0.717) is 6.42 Å². The van der Waals surface area contributed by atoms with Crippen molar-refractivity contribution < 1.29 is 19.1 Å². The molecule has 0 aliphatic rings. The van der Waals surface area contributed by atoms with Gasteiger partial charge in [-0.1, -0.05) is 42.0 Å². The van der Waals surface area contributed by atoms with Gasteiger partial charge in [0.15, 0.2) is 5.92 Å². The number of hydrogen-bond donors (Lipinski definition) is 0. The normalized spacial score (nSPS) is 11.4. The zero-order valence-corrected chi connectivity index (χ0v) is 14.9. The monoisotopic (exact) mass is 332 g/mol. The topological polar surface area (TPSA) is 52.6 Å². The summed E-state index contributed by atoms with van der Waals surface area (Å²) in [6.07, 6.45) is 5.41. The molecule has 0 amide bonds. The zero-order chi connectivity index (χ0) is 17.8. The number of esters is 2. The average molecular weight is 332 g/mol. The van der Waals surface area contributed by atoms with Crippen LogP contribution < -0.4 is 0 Å². The maximum absolute atomic E-state index is 12.0. The SMILES string of the molecule is CCOC(=O)C(C/C(C)=C/CCCc1ccccc1)C(=O)OCC. The molecule has 0 aliphatic heterocycles. The van der Waals surface area contributed by atoms with Gasteiger partial charge >= 0.3 is 11.9 Å².